The predicted molar refractivity (Wildman–Crippen MR) is 461 cm³/mol. The standard InChI is InChI=1S/C102H98BN3/c1-97(2,3)69-43-41-63(42-44-69)67-53-85-79-38-28-26-36-77(79)76-35-25-27-37-78(76)80-39-29-30-40-88(80)105-92-55-68(66-51-72(100(10,11)12)57-73(52-66)101(13,14)15)56-93-94(92)103(87(54-67)96(85)105)86-48-47-75(104-89-49-45-70(98(4,5)6)58-83(89)84-59-71(99(7,8)9)46-50-90(84)104)62-91(86)106(93)95-81(64-31-21-19-22-32-64)60-74(102(16,17)18)61-82(95)65-33-23-20-24-34-65/h19-62H,1-18H3. The number of benzene rings is 13. The van der Waals surface area contributed by atoms with Crippen molar-refractivity contribution in [3.05, 3.63) is 300 Å². The summed E-state index contributed by atoms with van der Waals surface area (Å²) in [5.41, 5.74) is 30.8. The van der Waals surface area contributed by atoms with Crippen LogP contribution in [0.15, 0.2) is 267 Å². The summed E-state index contributed by atoms with van der Waals surface area (Å²) in [7, 11) is 0. The fourth-order valence-corrected chi connectivity index (χ4v) is 17.1. The Bertz CT molecular complexity index is 6010. The van der Waals surface area contributed by atoms with Crippen molar-refractivity contribution in [2.24, 2.45) is 0 Å². The van der Waals surface area contributed by atoms with Crippen LogP contribution in [0.4, 0.5) is 17.1 Å². The van der Waals surface area contributed by atoms with E-state index in [4.69, 9.17) is 0 Å². The normalized spacial score (nSPS) is 13.3. The Labute approximate surface area is 628 Å². The van der Waals surface area contributed by atoms with E-state index in [2.05, 4.69) is 406 Å². The summed E-state index contributed by atoms with van der Waals surface area (Å²) < 4.78 is 5.31. The van der Waals surface area contributed by atoms with Gasteiger partial charge in [0.25, 0.3) is 6.71 Å². The Hall–Kier alpha value is -10.7. The van der Waals surface area contributed by atoms with Crippen molar-refractivity contribution in [2.45, 2.75) is 157 Å². The van der Waals surface area contributed by atoms with Crippen LogP contribution < -0.4 is 21.3 Å². The first-order valence-corrected chi connectivity index (χ1v) is 38.4. The van der Waals surface area contributed by atoms with Crippen LogP contribution in [-0.2, 0) is 32.5 Å². The van der Waals surface area contributed by atoms with Gasteiger partial charge < -0.3 is 14.0 Å². The first-order chi connectivity index (χ1) is 50.4. The second-order valence-corrected chi connectivity index (χ2v) is 36.7. The summed E-state index contributed by atoms with van der Waals surface area (Å²) >= 11 is 0. The summed E-state index contributed by atoms with van der Waals surface area (Å²) in [6, 6.07) is 105. The first-order valence-electron chi connectivity index (χ1n) is 38.4. The highest BCUT2D eigenvalue weighted by atomic mass is 15.2. The Morgan fingerprint density at radius 3 is 1.16 bits per heavy atom. The van der Waals surface area contributed by atoms with Gasteiger partial charge in [0.2, 0.25) is 0 Å². The lowest BCUT2D eigenvalue weighted by atomic mass is 9.33. The van der Waals surface area contributed by atoms with E-state index in [1.54, 1.807) is 0 Å². The van der Waals surface area contributed by atoms with Gasteiger partial charge in [-0.15, -0.1) is 0 Å². The minimum absolute atomic E-state index is 0.0231. The molecule has 0 fully saturated rings. The van der Waals surface area contributed by atoms with Gasteiger partial charge in [-0.2, -0.15) is 0 Å². The van der Waals surface area contributed by atoms with Crippen LogP contribution in [0.25, 0.3) is 121 Å². The van der Waals surface area contributed by atoms with Gasteiger partial charge >= 0.3 is 0 Å². The molecule has 4 heterocycles. The molecule has 106 heavy (non-hydrogen) atoms. The van der Waals surface area contributed by atoms with Gasteiger partial charge in [-0.05, 0) is 210 Å². The highest BCUT2D eigenvalue weighted by Gasteiger charge is 2.44. The summed E-state index contributed by atoms with van der Waals surface area (Å²) in [5, 5.41) is 9.73. The summed E-state index contributed by atoms with van der Waals surface area (Å²) in [6.45, 7) is 42.1. The Morgan fingerprint density at radius 1 is 0.236 bits per heavy atom. The van der Waals surface area contributed by atoms with Crippen LogP contribution in [0.3, 0.4) is 0 Å². The molecule has 0 saturated carbocycles. The molecule has 2 aliphatic rings. The molecule has 13 aromatic carbocycles. The minimum Gasteiger partial charge on any atom is -0.310 e. The van der Waals surface area contributed by atoms with Crippen LogP contribution in [0, 0.1) is 0 Å². The fraction of sp³-hybridized carbons (Fsp3) is 0.235. The molecule has 0 N–H and O–H groups in total. The average Bonchev–Trinajstić information content (AvgIpc) is 0.886. The maximum absolute atomic E-state index is 2.77. The molecule has 4 heteroatoms. The average molecular weight is 1380 g/mol. The summed E-state index contributed by atoms with van der Waals surface area (Å²) in [5.74, 6) is 0. The highest BCUT2D eigenvalue weighted by molar-refractivity contribution is 7.00. The molecule has 0 spiro atoms. The van der Waals surface area contributed by atoms with Gasteiger partial charge in [-0.25, -0.2) is 0 Å². The van der Waals surface area contributed by atoms with E-state index in [-0.39, 0.29) is 39.2 Å². The molecule has 0 unspecified atom stereocenters. The molecule has 3 nitrogen and oxygen atoms in total. The molecule has 15 aromatic rings. The van der Waals surface area contributed by atoms with E-state index in [1.807, 2.05) is 0 Å². The Kier molecular flexibility index (Phi) is 15.8. The van der Waals surface area contributed by atoms with Crippen molar-refractivity contribution in [3.63, 3.8) is 0 Å². The predicted octanol–water partition coefficient (Wildman–Crippen LogP) is 26.4. The number of nitrogens with zero attached hydrogens (tertiary/aromatic N) is 3. The quantitative estimate of drug-likeness (QED) is 0.151. The molecule has 17 rings (SSSR count). The highest BCUT2D eigenvalue weighted by Crippen LogP contribution is 2.53. The molecule has 524 valence electrons. The van der Waals surface area contributed by atoms with Crippen molar-refractivity contribution < 1.29 is 0 Å². The van der Waals surface area contributed by atoms with Crippen LogP contribution in [-0.4, -0.2) is 15.8 Å². The number of rotatable bonds is 6. The van der Waals surface area contributed by atoms with Gasteiger partial charge in [0, 0.05) is 60.9 Å². The third kappa shape index (κ3) is 11.5. The zero-order chi connectivity index (χ0) is 74.1. The summed E-state index contributed by atoms with van der Waals surface area (Å²) in [4.78, 5) is 2.77. The number of para-hydroxylation sites is 1. The van der Waals surface area contributed by atoms with E-state index in [0.717, 1.165) is 50.6 Å². The van der Waals surface area contributed by atoms with Crippen LogP contribution >= 0.6 is 0 Å². The number of anilines is 3. The van der Waals surface area contributed by atoms with Crippen molar-refractivity contribution in [1.29, 1.82) is 0 Å². The van der Waals surface area contributed by atoms with Crippen molar-refractivity contribution in [1.82, 2.24) is 9.13 Å². The van der Waals surface area contributed by atoms with Crippen LogP contribution in [0.5, 0.6) is 0 Å². The third-order valence-electron chi connectivity index (χ3n) is 23.2. The SMILES string of the molecule is CC(C)(C)c1ccc(-c2cc3c4c(c2)c2ccccc2c2ccccc2c2ccccc2n4-c2cc(-c4cc(C(C)(C)C)cc(C(C)(C)C)c4)cc4c2B3c2ccc(-n3c5ccc(C(C)(C)C)cc5c5cc(C(C)(C)C)ccc53)cc2N4c2c(-c3ccccc3)cc(C(C)(C)C)cc2-c2ccccc2)cc1. The third-order valence-corrected chi connectivity index (χ3v) is 23.2. The molecule has 2 aromatic heterocycles. The molecule has 0 atom stereocenters. The monoisotopic (exact) mass is 1380 g/mol. The minimum atomic E-state index is -0.275. The lowest BCUT2D eigenvalue weighted by Crippen LogP contribution is -2.60. The number of aromatic nitrogens is 2. The first kappa shape index (κ1) is 68.4. The van der Waals surface area contributed by atoms with Gasteiger partial charge in [-0.1, -0.05) is 319 Å². The van der Waals surface area contributed by atoms with Crippen molar-refractivity contribution in [3.8, 4) is 55.9 Å². The molecular weight excluding hydrogens is 1280 g/mol. The van der Waals surface area contributed by atoms with Gasteiger partial charge in [0.1, 0.15) is 0 Å². The Morgan fingerprint density at radius 2 is 0.651 bits per heavy atom. The van der Waals surface area contributed by atoms with Gasteiger partial charge in [0.15, 0.2) is 0 Å². The molecule has 0 bridgehead atoms. The van der Waals surface area contributed by atoms with Crippen LogP contribution in [0.2, 0.25) is 0 Å². The zero-order valence-corrected chi connectivity index (χ0v) is 65.3. The maximum atomic E-state index is 2.77. The largest absolute Gasteiger partial charge is 0.310 e. The van der Waals surface area contributed by atoms with Crippen LogP contribution in [0.1, 0.15) is 158 Å². The molecule has 0 saturated heterocycles. The molecule has 2 aliphatic heterocycles. The van der Waals surface area contributed by atoms with E-state index >= 15 is 0 Å². The van der Waals surface area contributed by atoms with Gasteiger partial charge in [0.05, 0.1) is 22.2 Å². The maximum Gasteiger partial charge on any atom is 0.252 e. The van der Waals surface area contributed by atoms with Gasteiger partial charge in [-0.3, -0.25) is 0 Å². The lowest BCUT2D eigenvalue weighted by Gasteiger charge is -2.43. The van der Waals surface area contributed by atoms with E-state index in [0.29, 0.717) is 0 Å². The zero-order valence-electron chi connectivity index (χ0n) is 65.3. The second kappa shape index (κ2) is 24.4. The van der Waals surface area contributed by atoms with Crippen molar-refractivity contribution in [2.75, 3.05) is 4.90 Å². The molecular formula is C102H98BN3. The number of fused-ring (bicyclic) bond motifs is 14. The van der Waals surface area contributed by atoms with E-state index in [1.165, 1.54) is 137 Å². The number of hydrogen-bond donors (Lipinski definition) is 0. The fourth-order valence-electron chi connectivity index (χ4n) is 17.1. The number of hydrogen-bond acceptors (Lipinski definition) is 1. The van der Waals surface area contributed by atoms with Crippen molar-refractivity contribution >= 4 is 105 Å². The lowest BCUT2D eigenvalue weighted by molar-refractivity contribution is 0.569. The van der Waals surface area contributed by atoms with E-state index in [9.17, 15) is 0 Å². The second-order valence-electron chi connectivity index (χ2n) is 36.7. The summed E-state index contributed by atoms with van der Waals surface area (Å²) in [6.07, 6.45) is 0. The van der Waals surface area contributed by atoms with E-state index < -0.39 is 0 Å². The molecule has 0 aliphatic carbocycles. The molecule has 0 radical (unpaired) electrons. The molecule has 0 amide bonds. The Balaban J connectivity index is 1.13. The smallest absolute Gasteiger partial charge is 0.252 e. The topological polar surface area (TPSA) is 13.1 Å².